The Bertz CT molecular complexity index is 747. The molecule has 0 aromatic heterocycles. The summed E-state index contributed by atoms with van der Waals surface area (Å²) < 4.78 is 27.4. The van der Waals surface area contributed by atoms with Gasteiger partial charge in [-0.25, -0.2) is 8.42 Å². The summed E-state index contributed by atoms with van der Waals surface area (Å²) >= 11 is 3.19. The molecule has 0 aliphatic rings. The first kappa shape index (κ1) is 15.7. The van der Waals surface area contributed by atoms with Crippen molar-refractivity contribution in [2.45, 2.75) is 10.9 Å². The highest BCUT2D eigenvalue weighted by Gasteiger charge is 2.26. The summed E-state index contributed by atoms with van der Waals surface area (Å²) in [6, 6.07) is 12.9. The number of rotatable bonds is 5. The summed E-state index contributed by atoms with van der Waals surface area (Å²) in [6.45, 7) is 0. The van der Waals surface area contributed by atoms with Crippen LogP contribution in [0.2, 0.25) is 0 Å². The third kappa shape index (κ3) is 3.90. The highest BCUT2D eigenvalue weighted by atomic mass is 79.9. The van der Waals surface area contributed by atoms with Crippen LogP contribution in [0, 0.1) is 0 Å². The molecule has 0 radical (unpaired) electrons. The maximum absolute atomic E-state index is 12.3. The first-order valence-electron chi connectivity index (χ1n) is 5.96. The fourth-order valence-corrected chi connectivity index (χ4v) is 3.54. The van der Waals surface area contributed by atoms with Crippen LogP contribution < -0.4 is 4.72 Å². The van der Waals surface area contributed by atoms with E-state index in [-0.39, 0.29) is 4.90 Å². The van der Waals surface area contributed by atoms with E-state index in [2.05, 4.69) is 20.7 Å². The van der Waals surface area contributed by atoms with Gasteiger partial charge in [-0.2, -0.15) is 4.72 Å². The van der Waals surface area contributed by atoms with E-state index in [1.54, 1.807) is 42.5 Å². The molecule has 2 aromatic rings. The molecule has 110 valence electrons. The predicted octanol–water partition coefficient (Wildman–Crippen LogP) is 2.55. The Hall–Kier alpha value is -1.70. The van der Waals surface area contributed by atoms with Crippen LogP contribution in [0.4, 0.5) is 0 Å². The van der Waals surface area contributed by atoms with Gasteiger partial charge in [-0.3, -0.25) is 4.79 Å². The number of carbonyl (C=O) groups is 1. The number of hydrogen-bond acceptors (Lipinski definition) is 3. The number of benzene rings is 2. The maximum atomic E-state index is 12.3. The van der Waals surface area contributed by atoms with Gasteiger partial charge in [0.2, 0.25) is 10.0 Å². The zero-order valence-electron chi connectivity index (χ0n) is 10.7. The summed E-state index contributed by atoms with van der Waals surface area (Å²) in [7, 11) is -3.94. The van der Waals surface area contributed by atoms with Crippen LogP contribution in [0.15, 0.2) is 64.0 Å². The van der Waals surface area contributed by atoms with Gasteiger partial charge < -0.3 is 5.11 Å². The molecule has 0 bridgehead atoms. The van der Waals surface area contributed by atoms with E-state index in [0.29, 0.717) is 10.0 Å². The van der Waals surface area contributed by atoms with Gasteiger partial charge in [0.05, 0.1) is 4.90 Å². The van der Waals surface area contributed by atoms with Crippen molar-refractivity contribution in [1.82, 2.24) is 4.72 Å². The molecule has 0 aliphatic carbocycles. The molecule has 5 nitrogen and oxygen atoms in total. The highest BCUT2D eigenvalue weighted by molar-refractivity contribution is 9.10. The van der Waals surface area contributed by atoms with E-state index >= 15 is 0 Å². The SMILES string of the molecule is O=C(O)[C@@H](NS(=O)(=O)c1cccc(Br)c1)c1ccccc1. The van der Waals surface area contributed by atoms with Gasteiger partial charge in [0, 0.05) is 4.47 Å². The number of sulfonamides is 1. The zero-order valence-corrected chi connectivity index (χ0v) is 13.1. The normalized spacial score (nSPS) is 12.8. The molecular formula is C14H12BrNO4S. The van der Waals surface area contributed by atoms with E-state index in [0.717, 1.165) is 0 Å². The quantitative estimate of drug-likeness (QED) is 0.848. The number of hydrogen-bond donors (Lipinski definition) is 2. The minimum Gasteiger partial charge on any atom is -0.480 e. The molecule has 0 heterocycles. The molecule has 0 saturated heterocycles. The molecule has 0 spiro atoms. The van der Waals surface area contributed by atoms with Crippen molar-refractivity contribution in [3.63, 3.8) is 0 Å². The van der Waals surface area contributed by atoms with Gasteiger partial charge in [-0.15, -0.1) is 0 Å². The lowest BCUT2D eigenvalue weighted by molar-refractivity contribution is -0.139. The van der Waals surface area contributed by atoms with Gasteiger partial charge in [-0.05, 0) is 23.8 Å². The van der Waals surface area contributed by atoms with Gasteiger partial charge in [-0.1, -0.05) is 52.3 Å². The van der Waals surface area contributed by atoms with Crippen LogP contribution in [0.3, 0.4) is 0 Å². The standard InChI is InChI=1S/C14H12BrNO4S/c15-11-7-4-8-12(9-11)21(19,20)16-13(14(17)18)10-5-2-1-3-6-10/h1-9,13,16H,(H,17,18)/t13-/m0/s1. The van der Waals surface area contributed by atoms with Gasteiger partial charge >= 0.3 is 5.97 Å². The largest absolute Gasteiger partial charge is 0.480 e. The Morgan fingerprint density at radius 1 is 1.10 bits per heavy atom. The van der Waals surface area contributed by atoms with E-state index in [1.807, 2.05) is 0 Å². The molecule has 7 heteroatoms. The van der Waals surface area contributed by atoms with Gasteiger partial charge in [0.1, 0.15) is 6.04 Å². The molecule has 0 aliphatic heterocycles. The van der Waals surface area contributed by atoms with Crippen molar-refractivity contribution in [3.05, 3.63) is 64.6 Å². The predicted molar refractivity (Wildman–Crippen MR) is 81.3 cm³/mol. The Balaban J connectivity index is 2.35. The van der Waals surface area contributed by atoms with Crippen molar-refractivity contribution in [2.75, 3.05) is 0 Å². The summed E-state index contributed by atoms with van der Waals surface area (Å²) in [5, 5.41) is 9.26. The van der Waals surface area contributed by atoms with Crippen LogP contribution in [0.1, 0.15) is 11.6 Å². The Kier molecular flexibility index (Phi) is 4.76. The lowest BCUT2D eigenvalue weighted by Gasteiger charge is -2.15. The maximum Gasteiger partial charge on any atom is 0.326 e. The summed E-state index contributed by atoms with van der Waals surface area (Å²) in [5.41, 5.74) is 0.364. The number of nitrogens with one attached hydrogen (secondary N) is 1. The molecule has 21 heavy (non-hydrogen) atoms. The van der Waals surface area contributed by atoms with E-state index < -0.39 is 22.0 Å². The van der Waals surface area contributed by atoms with Crippen molar-refractivity contribution in [2.24, 2.45) is 0 Å². The Morgan fingerprint density at radius 3 is 2.33 bits per heavy atom. The molecular weight excluding hydrogens is 358 g/mol. The van der Waals surface area contributed by atoms with E-state index in [1.165, 1.54) is 12.1 Å². The molecule has 2 aromatic carbocycles. The molecule has 2 rings (SSSR count). The smallest absolute Gasteiger partial charge is 0.326 e. The average molecular weight is 370 g/mol. The second-order valence-electron chi connectivity index (χ2n) is 4.26. The number of carboxylic acids is 1. The average Bonchev–Trinajstić information content (AvgIpc) is 2.45. The number of carboxylic acid groups (broad SMARTS) is 1. The van der Waals surface area contributed by atoms with Crippen LogP contribution in [-0.2, 0) is 14.8 Å². The minimum atomic E-state index is -3.94. The van der Waals surface area contributed by atoms with Crippen LogP contribution >= 0.6 is 15.9 Å². The van der Waals surface area contributed by atoms with Gasteiger partial charge in [0.15, 0.2) is 0 Å². The Morgan fingerprint density at radius 2 is 1.76 bits per heavy atom. The molecule has 2 N–H and O–H groups in total. The summed E-state index contributed by atoms with van der Waals surface area (Å²) in [5.74, 6) is -1.26. The summed E-state index contributed by atoms with van der Waals surface area (Å²) in [6.07, 6.45) is 0. The third-order valence-corrected chi connectivity index (χ3v) is 4.67. The van der Waals surface area contributed by atoms with Crippen molar-refractivity contribution in [1.29, 1.82) is 0 Å². The van der Waals surface area contributed by atoms with Gasteiger partial charge in [0.25, 0.3) is 0 Å². The molecule has 0 unspecified atom stereocenters. The first-order chi connectivity index (χ1) is 9.90. The third-order valence-electron chi connectivity index (χ3n) is 2.76. The molecule has 1 atom stereocenters. The molecule has 0 saturated carbocycles. The highest BCUT2D eigenvalue weighted by Crippen LogP contribution is 2.20. The second kappa shape index (κ2) is 6.38. The molecule has 0 amide bonds. The first-order valence-corrected chi connectivity index (χ1v) is 8.23. The Labute approximate surface area is 130 Å². The minimum absolute atomic E-state index is 0.000874. The van der Waals surface area contributed by atoms with E-state index in [4.69, 9.17) is 0 Å². The van der Waals surface area contributed by atoms with Crippen LogP contribution in [-0.4, -0.2) is 19.5 Å². The number of halogens is 1. The van der Waals surface area contributed by atoms with Crippen molar-refractivity contribution < 1.29 is 18.3 Å². The number of aliphatic carboxylic acids is 1. The van der Waals surface area contributed by atoms with Crippen molar-refractivity contribution in [3.8, 4) is 0 Å². The lowest BCUT2D eigenvalue weighted by atomic mass is 10.1. The zero-order chi connectivity index (χ0) is 15.5. The van der Waals surface area contributed by atoms with E-state index in [9.17, 15) is 18.3 Å². The second-order valence-corrected chi connectivity index (χ2v) is 6.89. The lowest BCUT2D eigenvalue weighted by Crippen LogP contribution is -2.33. The van der Waals surface area contributed by atoms with Crippen molar-refractivity contribution >= 4 is 31.9 Å². The van der Waals surface area contributed by atoms with Crippen LogP contribution in [0.5, 0.6) is 0 Å². The monoisotopic (exact) mass is 369 g/mol. The summed E-state index contributed by atoms with van der Waals surface area (Å²) in [4.78, 5) is 11.3. The fraction of sp³-hybridized carbons (Fsp3) is 0.0714. The fourth-order valence-electron chi connectivity index (χ4n) is 1.76. The topological polar surface area (TPSA) is 83.5 Å². The van der Waals surface area contributed by atoms with Crippen LogP contribution in [0.25, 0.3) is 0 Å². The molecule has 0 fully saturated rings.